The smallest absolute Gasteiger partial charge is 0.477 e. The molecule has 5 nitrogen and oxygen atoms in total. The minimum absolute atomic E-state index is 0.0191. The number of fused-ring (bicyclic) bond motifs is 1. The van der Waals surface area contributed by atoms with Gasteiger partial charge in [0, 0.05) is 18.0 Å². The minimum atomic E-state index is -3.69. The van der Waals surface area contributed by atoms with Gasteiger partial charge in [-0.1, -0.05) is 0 Å². The third-order valence-corrected chi connectivity index (χ3v) is 2.63. The number of aromatic carboxylic acids is 1. The number of nitrogens with zero attached hydrogens (tertiary/aromatic N) is 1. The molecule has 0 atom stereocenters. The molecule has 1 aromatic carbocycles. The molecule has 1 aliphatic heterocycles. The van der Waals surface area contributed by atoms with Crippen LogP contribution in [0.2, 0.25) is 0 Å². The van der Waals surface area contributed by atoms with Crippen molar-refractivity contribution in [1.82, 2.24) is 4.57 Å². The van der Waals surface area contributed by atoms with Gasteiger partial charge in [0.15, 0.2) is 11.5 Å². The summed E-state index contributed by atoms with van der Waals surface area (Å²) in [6, 6.07) is 7.01. The molecular weight excluding hydrogens is 260 g/mol. The standard InChI is InChI=1S/C12H7F2NO4/c13-12(14)18-9-4-3-7(6-10(9)19-12)15-5-1-2-8(15)11(16)17/h1-6H,(H,16,17). The van der Waals surface area contributed by atoms with Crippen molar-refractivity contribution in [3.8, 4) is 17.2 Å². The molecule has 1 aliphatic rings. The molecule has 0 saturated carbocycles. The SMILES string of the molecule is O=C(O)c1cccn1-c1ccc2c(c1)OC(F)(F)O2. The molecule has 2 heterocycles. The van der Waals surface area contributed by atoms with Gasteiger partial charge in [0.1, 0.15) is 5.69 Å². The molecule has 0 fully saturated rings. The van der Waals surface area contributed by atoms with Gasteiger partial charge < -0.3 is 19.1 Å². The summed E-state index contributed by atoms with van der Waals surface area (Å²) in [5.74, 6) is -1.33. The largest absolute Gasteiger partial charge is 0.586 e. The predicted molar refractivity (Wildman–Crippen MR) is 58.9 cm³/mol. The third kappa shape index (κ3) is 1.88. The van der Waals surface area contributed by atoms with E-state index in [-0.39, 0.29) is 17.2 Å². The summed E-state index contributed by atoms with van der Waals surface area (Å²) in [6.45, 7) is 0. The Balaban J connectivity index is 2.05. The Morgan fingerprint density at radius 1 is 1.21 bits per heavy atom. The van der Waals surface area contributed by atoms with Gasteiger partial charge in [0.05, 0.1) is 0 Å². The van der Waals surface area contributed by atoms with Crippen LogP contribution < -0.4 is 9.47 Å². The topological polar surface area (TPSA) is 60.7 Å². The monoisotopic (exact) mass is 267 g/mol. The lowest BCUT2D eigenvalue weighted by molar-refractivity contribution is -0.286. The molecule has 0 unspecified atom stereocenters. The number of carboxylic acid groups (broad SMARTS) is 1. The molecule has 1 aromatic heterocycles. The average molecular weight is 267 g/mol. The van der Waals surface area contributed by atoms with E-state index >= 15 is 0 Å². The molecule has 1 N–H and O–H groups in total. The lowest BCUT2D eigenvalue weighted by Gasteiger charge is -2.06. The number of benzene rings is 1. The molecule has 0 amide bonds. The van der Waals surface area contributed by atoms with Crippen LogP contribution in [0.5, 0.6) is 11.5 Å². The van der Waals surface area contributed by atoms with E-state index in [0.717, 1.165) is 0 Å². The van der Waals surface area contributed by atoms with Crippen molar-refractivity contribution in [2.75, 3.05) is 0 Å². The van der Waals surface area contributed by atoms with Crippen LogP contribution in [-0.4, -0.2) is 21.9 Å². The number of carbonyl (C=O) groups is 1. The summed E-state index contributed by atoms with van der Waals surface area (Å²) in [4.78, 5) is 11.0. The Labute approximate surface area is 105 Å². The van der Waals surface area contributed by atoms with Crippen molar-refractivity contribution in [3.63, 3.8) is 0 Å². The maximum atomic E-state index is 12.9. The Morgan fingerprint density at radius 3 is 2.68 bits per heavy atom. The number of halogens is 2. The van der Waals surface area contributed by atoms with E-state index in [9.17, 15) is 13.6 Å². The van der Waals surface area contributed by atoms with Crippen molar-refractivity contribution < 1.29 is 28.2 Å². The predicted octanol–water partition coefficient (Wildman–Crippen LogP) is 2.50. The van der Waals surface area contributed by atoms with Gasteiger partial charge in [0.25, 0.3) is 0 Å². The highest BCUT2D eigenvalue weighted by Crippen LogP contribution is 2.41. The van der Waals surface area contributed by atoms with Crippen molar-refractivity contribution >= 4 is 5.97 Å². The van der Waals surface area contributed by atoms with Crippen LogP contribution >= 0.6 is 0 Å². The maximum Gasteiger partial charge on any atom is 0.586 e. The average Bonchev–Trinajstić information content (AvgIpc) is 2.89. The quantitative estimate of drug-likeness (QED) is 0.908. The van der Waals surface area contributed by atoms with Crippen LogP contribution in [0.1, 0.15) is 10.5 Å². The summed E-state index contributed by atoms with van der Waals surface area (Å²) in [6.07, 6.45) is -2.17. The molecule has 0 bridgehead atoms. The Hall–Kier alpha value is -2.57. The fourth-order valence-corrected chi connectivity index (χ4v) is 1.87. The maximum absolute atomic E-state index is 12.9. The zero-order valence-electron chi connectivity index (χ0n) is 9.34. The van der Waals surface area contributed by atoms with E-state index in [4.69, 9.17) is 5.11 Å². The first-order chi connectivity index (χ1) is 8.96. The number of hydrogen-bond donors (Lipinski definition) is 1. The number of rotatable bonds is 2. The van der Waals surface area contributed by atoms with Crippen LogP contribution in [-0.2, 0) is 0 Å². The van der Waals surface area contributed by atoms with Crippen LogP contribution in [0.4, 0.5) is 8.78 Å². The molecular formula is C12H7F2NO4. The summed E-state index contributed by atoms with van der Waals surface area (Å²) in [5, 5.41) is 9.00. The molecule has 19 heavy (non-hydrogen) atoms. The van der Waals surface area contributed by atoms with Crippen LogP contribution in [0.3, 0.4) is 0 Å². The molecule has 7 heteroatoms. The highest BCUT2D eigenvalue weighted by Gasteiger charge is 2.43. The number of carboxylic acids is 1. The van der Waals surface area contributed by atoms with Gasteiger partial charge >= 0.3 is 12.3 Å². The van der Waals surface area contributed by atoms with Gasteiger partial charge in [-0.15, -0.1) is 8.78 Å². The van der Waals surface area contributed by atoms with Gasteiger partial charge in [-0.2, -0.15) is 0 Å². The van der Waals surface area contributed by atoms with Crippen LogP contribution in [0.25, 0.3) is 5.69 Å². The number of hydrogen-bond acceptors (Lipinski definition) is 3. The van der Waals surface area contributed by atoms with E-state index in [1.54, 1.807) is 6.07 Å². The van der Waals surface area contributed by atoms with Gasteiger partial charge in [-0.3, -0.25) is 0 Å². The van der Waals surface area contributed by atoms with Crippen LogP contribution in [0, 0.1) is 0 Å². The summed E-state index contributed by atoms with van der Waals surface area (Å²) in [7, 11) is 0. The van der Waals surface area contributed by atoms with E-state index in [0.29, 0.717) is 5.69 Å². The number of alkyl halides is 2. The zero-order chi connectivity index (χ0) is 13.6. The zero-order valence-corrected chi connectivity index (χ0v) is 9.34. The Kier molecular flexibility index (Phi) is 2.25. The fourth-order valence-electron chi connectivity index (χ4n) is 1.87. The fraction of sp³-hybridized carbons (Fsp3) is 0.0833. The lowest BCUT2D eigenvalue weighted by atomic mass is 10.2. The first-order valence-electron chi connectivity index (χ1n) is 5.27. The second kappa shape index (κ2) is 3.71. The van der Waals surface area contributed by atoms with Gasteiger partial charge in [-0.05, 0) is 24.3 Å². The highest BCUT2D eigenvalue weighted by atomic mass is 19.3. The van der Waals surface area contributed by atoms with E-state index in [1.807, 2.05) is 0 Å². The lowest BCUT2D eigenvalue weighted by Crippen LogP contribution is -2.25. The molecule has 3 rings (SSSR count). The Morgan fingerprint density at radius 2 is 1.95 bits per heavy atom. The molecule has 98 valence electrons. The van der Waals surface area contributed by atoms with Gasteiger partial charge in [0.2, 0.25) is 0 Å². The second-order valence-electron chi connectivity index (χ2n) is 3.87. The van der Waals surface area contributed by atoms with E-state index < -0.39 is 12.3 Å². The normalized spacial score (nSPS) is 15.5. The highest BCUT2D eigenvalue weighted by molar-refractivity contribution is 5.86. The number of aromatic nitrogens is 1. The van der Waals surface area contributed by atoms with E-state index in [2.05, 4.69) is 9.47 Å². The van der Waals surface area contributed by atoms with Crippen LogP contribution in [0.15, 0.2) is 36.5 Å². The molecule has 0 spiro atoms. The first-order valence-corrected chi connectivity index (χ1v) is 5.27. The molecule has 0 aliphatic carbocycles. The first kappa shape index (κ1) is 11.5. The molecule has 0 saturated heterocycles. The molecule has 0 radical (unpaired) electrons. The summed E-state index contributed by atoms with van der Waals surface area (Å²) < 4.78 is 35.7. The minimum Gasteiger partial charge on any atom is -0.477 e. The summed E-state index contributed by atoms with van der Waals surface area (Å²) in [5.41, 5.74) is 0.410. The van der Waals surface area contributed by atoms with Crippen molar-refractivity contribution in [2.24, 2.45) is 0 Å². The molecule has 2 aromatic rings. The summed E-state index contributed by atoms with van der Waals surface area (Å²) >= 11 is 0. The van der Waals surface area contributed by atoms with Crippen molar-refractivity contribution in [2.45, 2.75) is 6.29 Å². The second-order valence-corrected chi connectivity index (χ2v) is 3.87. The Bertz CT molecular complexity index is 665. The van der Waals surface area contributed by atoms with Gasteiger partial charge in [-0.25, -0.2) is 4.79 Å². The van der Waals surface area contributed by atoms with Crippen molar-refractivity contribution in [1.29, 1.82) is 0 Å². The van der Waals surface area contributed by atoms with Crippen molar-refractivity contribution in [3.05, 3.63) is 42.2 Å². The number of ether oxygens (including phenoxy) is 2. The third-order valence-electron chi connectivity index (χ3n) is 2.63. The van der Waals surface area contributed by atoms with E-state index in [1.165, 1.54) is 35.0 Å².